The molecular formula is C9H6BrNO. The van der Waals surface area contributed by atoms with Crippen molar-refractivity contribution in [2.75, 3.05) is 0 Å². The van der Waals surface area contributed by atoms with Gasteiger partial charge in [0.2, 0.25) is 0 Å². The number of halogens is 1. The molecular weight excluding hydrogens is 218 g/mol. The standard InChI is InChI=1S/C9H6BrNO/c10-9-2-1-7-3-4-11(12)6-8(7)5-9/h1-6H. The van der Waals surface area contributed by atoms with Gasteiger partial charge in [-0.05, 0) is 17.5 Å². The first-order valence-electron chi connectivity index (χ1n) is 3.54. The summed E-state index contributed by atoms with van der Waals surface area (Å²) in [6, 6.07) is 7.65. The molecule has 0 amide bonds. The summed E-state index contributed by atoms with van der Waals surface area (Å²) in [5, 5.41) is 12.9. The zero-order valence-corrected chi connectivity index (χ0v) is 7.78. The van der Waals surface area contributed by atoms with Crippen LogP contribution in [0.3, 0.4) is 0 Å². The van der Waals surface area contributed by atoms with E-state index in [1.807, 2.05) is 18.2 Å². The summed E-state index contributed by atoms with van der Waals surface area (Å²) in [6.45, 7) is 0. The summed E-state index contributed by atoms with van der Waals surface area (Å²) in [4.78, 5) is 0. The number of rotatable bonds is 0. The molecule has 0 bridgehead atoms. The molecule has 0 fully saturated rings. The van der Waals surface area contributed by atoms with E-state index < -0.39 is 0 Å². The van der Waals surface area contributed by atoms with Crippen molar-refractivity contribution in [2.45, 2.75) is 0 Å². The van der Waals surface area contributed by atoms with Gasteiger partial charge in [-0.2, -0.15) is 4.73 Å². The highest BCUT2D eigenvalue weighted by Crippen LogP contribution is 2.17. The van der Waals surface area contributed by atoms with Crippen molar-refractivity contribution in [2.24, 2.45) is 0 Å². The monoisotopic (exact) mass is 223 g/mol. The van der Waals surface area contributed by atoms with Gasteiger partial charge >= 0.3 is 0 Å². The van der Waals surface area contributed by atoms with Crippen molar-refractivity contribution in [1.82, 2.24) is 0 Å². The lowest BCUT2D eigenvalue weighted by Crippen LogP contribution is -2.23. The predicted molar refractivity (Wildman–Crippen MR) is 50.6 cm³/mol. The molecule has 0 aliphatic carbocycles. The van der Waals surface area contributed by atoms with E-state index in [1.165, 1.54) is 6.20 Å². The van der Waals surface area contributed by atoms with Crippen molar-refractivity contribution < 1.29 is 4.73 Å². The first-order chi connectivity index (χ1) is 5.75. The predicted octanol–water partition coefficient (Wildman–Crippen LogP) is 2.24. The Balaban J connectivity index is 2.80. The van der Waals surface area contributed by atoms with E-state index in [0.29, 0.717) is 0 Å². The molecule has 0 aliphatic heterocycles. The van der Waals surface area contributed by atoms with E-state index in [4.69, 9.17) is 0 Å². The number of nitrogens with zero attached hydrogens (tertiary/aromatic N) is 1. The van der Waals surface area contributed by atoms with Crippen molar-refractivity contribution in [3.8, 4) is 0 Å². The van der Waals surface area contributed by atoms with Crippen LogP contribution >= 0.6 is 15.9 Å². The minimum atomic E-state index is 0.800. The van der Waals surface area contributed by atoms with Gasteiger partial charge in [-0.25, -0.2) is 0 Å². The van der Waals surface area contributed by atoms with E-state index in [1.54, 1.807) is 12.3 Å². The number of hydrogen-bond donors (Lipinski definition) is 0. The van der Waals surface area contributed by atoms with Crippen LogP contribution in [-0.4, -0.2) is 0 Å². The summed E-state index contributed by atoms with van der Waals surface area (Å²) in [5.74, 6) is 0. The van der Waals surface area contributed by atoms with Gasteiger partial charge in [0.1, 0.15) is 0 Å². The average molecular weight is 224 g/mol. The highest BCUT2D eigenvalue weighted by atomic mass is 79.9. The van der Waals surface area contributed by atoms with E-state index in [0.717, 1.165) is 20.0 Å². The molecule has 0 aliphatic rings. The molecule has 2 rings (SSSR count). The Hall–Kier alpha value is -1.09. The molecule has 2 aromatic rings. The Morgan fingerprint density at radius 1 is 1.17 bits per heavy atom. The lowest BCUT2D eigenvalue weighted by Gasteiger charge is -1.98. The van der Waals surface area contributed by atoms with Gasteiger partial charge in [-0.15, -0.1) is 0 Å². The average Bonchev–Trinajstić information content (AvgIpc) is 2.03. The molecule has 1 heterocycles. The van der Waals surface area contributed by atoms with Crippen LogP contribution in [-0.2, 0) is 0 Å². The van der Waals surface area contributed by atoms with Crippen molar-refractivity contribution in [1.29, 1.82) is 0 Å². The number of hydrogen-bond acceptors (Lipinski definition) is 1. The second kappa shape index (κ2) is 2.75. The Morgan fingerprint density at radius 2 is 2.00 bits per heavy atom. The minimum Gasteiger partial charge on any atom is -0.619 e. The highest BCUT2D eigenvalue weighted by molar-refractivity contribution is 9.10. The largest absolute Gasteiger partial charge is 0.619 e. The molecule has 2 nitrogen and oxygen atoms in total. The molecule has 0 atom stereocenters. The molecule has 1 aromatic heterocycles. The molecule has 0 N–H and O–H groups in total. The maximum Gasteiger partial charge on any atom is 0.188 e. The number of benzene rings is 1. The lowest BCUT2D eigenvalue weighted by atomic mass is 10.2. The SMILES string of the molecule is [O-][n+]1ccc2ccc(Br)cc2c1. The molecule has 0 spiro atoms. The van der Waals surface area contributed by atoms with Crippen LogP contribution in [0.25, 0.3) is 10.8 Å². The fraction of sp³-hybridized carbons (Fsp3) is 0. The first-order valence-corrected chi connectivity index (χ1v) is 4.33. The van der Waals surface area contributed by atoms with Crippen molar-refractivity contribution in [3.63, 3.8) is 0 Å². The number of aromatic nitrogens is 1. The third-order valence-corrected chi connectivity index (χ3v) is 2.21. The molecule has 0 saturated carbocycles. The number of fused-ring (bicyclic) bond motifs is 1. The topological polar surface area (TPSA) is 26.9 Å². The van der Waals surface area contributed by atoms with E-state index in [2.05, 4.69) is 15.9 Å². The minimum absolute atomic E-state index is 0.800. The quantitative estimate of drug-likeness (QED) is 0.498. The van der Waals surface area contributed by atoms with Crippen molar-refractivity contribution in [3.05, 3.63) is 46.3 Å². The maximum absolute atomic E-state index is 10.9. The van der Waals surface area contributed by atoms with E-state index in [-0.39, 0.29) is 0 Å². The van der Waals surface area contributed by atoms with Gasteiger partial charge < -0.3 is 5.21 Å². The lowest BCUT2D eigenvalue weighted by molar-refractivity contribution is -0.603. The third-order valence-electron chi connectivity index (χ3n) is 1.72. The molecule has 1 aromatic carbocycles. The van der Waals surface area contributed by atoms with Gasteiger partial charge in [-0.3, -0.25) is 0 Å². The van der Waals surface area contributed by atoms with Gasteiger partial charge in [0.05, 0.1) is 0 Å². The molecule has 0 saturated heterocycles. The Morgan fingerprint density at radius 3 is 2.83 bits per heavy atom. The van der Waals surface area contributed by atoms with Crippen LogP contribution in [0.5, 0.6) is 0 Å². The van der Waals surface area contributed by atoms with Crippen LogP contribution in [0.4, 0.5) is 0 Å². The second-order valence-corrected chi connectivity index (χ2v) is 3.49. The third kappa shape index (κ3) is 1.28. The van der Waals surface area contributed by atoms with E-state index in [9.17, 15) is 5.21 Å². The number of pyridine rings is 1. The zero-order valence-electron chi connectivity index (χ0n) is 6.20. The first kappa shape index (κ1) is 7.55. The van der Waals surface area contributed by atoms with Gasteiger partial charge in [0.15, 0.2) is 12.4 Å². The molecule has 12 heavy (non-hydrogen) atoms. The van der Waals surface area contributed by atoms with Crippen LogP contribution < -0.4 is 4.73 Å². The smallest absolute Gasteiger partial charge is 0.188 e. The maximum atomic E-state index is 10.9. The Labute approximate surface area is 78.2 Å². The fourth-order valence-corrected chi connectivity index (χ4v) is 1.52. The second-order valence-electron chi connectivity index (χ2n) is 2.58. The Bertz CT molecular complexity index is 391. The summed E-state index contributed by atoms with van der Waals surface area (Å²) in [7, 11) is 0. The normalized spacial score (nSPS) is 10.4. The van der Waals surface area contributed by atoms with E-state index >= 15 is 0 Å². The van der Waals surface area contributed by atoms with Crippen molar-refractivity contribution >= 4 is 26.7 Å². The van der Waals surface area contributed by atoms with Crippen LogP contribution in [0.1, 0.15) is 0 Å². The summed E-state index contributed by atoms with van der Waals surface area (Å²) in [6.07, 6.45) is 3.05. The fourth-order valence-electron chi connectivity index (χ4n) is 1.14. The summed E-state index contributed by atoms with van der Waals surface area (Å²) < 4.78 is 1.79. The molecule has 0 unspecified atom stereocenters. The molecule has 0 radical (unpaired) electrons. The Kier molecular flexibility index (Phi) is 1.73. The van der Waals surface area contributed by atoms with Crippen LogP contribution in [0, 0.1) is 5.21 Å². The zero-order chi connectivity index (χ0) is 8.55. The van der Waals surface area contributed by atoms with Crippen LogP contribution in [0.15, 0.2) is 41.1 Å². The molecule has 3 heteroatoms. The van der Waals surface area contributed by atoms with Gasteiger partial charge in [0, 0.05) is 15.9 Å². The van der Waals surface area contributed by atoms with Gasteiger partial charge in [0.25, 0.3) is 0 Å². The molecule has 60 valence electrons. The van der Waals surface area contributed by atoms with Crippen LogP contribution in [0.2, 0.25) is 0 Å². The highest BCUT2D eigenvalue weighted by Gasteiger charge is 1.97. The van der Waals surface area contributed by atoms with Gasteiger partial charge in [-0.1, -0.05) is 22.0 Å². The summed E-state index contributed by atoms with van der Waals surface area (Å²) in [5.41, 5.74) is 0. The summed E-state index contributed by atoms with van der Waals surface area (Å²) >= 11 is 3.35.